The van der Waals surface area contributed by atoms with Gasteiger partial charge in [0.05, 0.1) is 10.9 Å². The minimum absolute atomic E-state index is 0.0110. The van der Waals surface area contributed by atoms with Crippen LogP contribution < -0.4 is 5.32 Å². The fourth-order valence-electron chi connectivity index (χ4n) is 3.70. The Morgan fingerprint density at radius 1 is 1.00 bits per heavy atom. The third-order valence-corrected chi connectivity index (χ3v) is 7.62. The number of carbonyl (C=O) groups is 1. The van der Waals surface area contributed by atoms with Crippen LogP contribution in [-0.2, 0) is 10.0 Å². The van der Waals surface area contributed by atoms with E-state index in [1.165, 1.54) is 10.4 Å². The summed E-state index contributed by atoms with van der Waals surface area (Å²) in [6, 6.07) is 16.2. The molecule has 1 aliphatic heterocycles. The molecule has 0 bridgehead atoms. The number of carbonyl (C=O) groups excluding carboxylic acids is 1. The number of nitrogens with zero attached hydrogens (tertiary/aromatic N) is 2. The second kappa shape index (κ2) is 8.34. The molecule has 1 atom stereocenters. The van der Waals surface area contributed by atoms with Gasteiger partial charge in [0.25, 0.3) is 0 Å². The Kier molecular flexibility index (Phi) is 5.81. The van der Waals surface area contributed by atoms with Crippen molar-refractivity contribution in [2.75, 3.05) is 26.2 Å². The molecule has 1 unspecified atom stereocenters. The lowest BCUT2D eigenvalue weighted by molar-refractivity contribution is 0.167. The zero-order valence-corrected chi connectivity index (χ0v) is 17.6. The van der Waals surface area contributed by atoms with E-state index in [2.05, 4.69) is 5.32 Å². The number of nitrogens with one attached hydrogen (secondary N) is 1. The smallest absolute Gasteiger partial charge is 0.317 e. The van der Waals surface area contributed by atoms with Crippen LogP contribution in [0.2, 0.25) is 5.02 Å². The molecule has 29 heavy (non-hydrogen) atoms. The molecule has 2 fully saturated rings. The number of halogens is 1. The van der Waals surface area contributed by atoms with Crippen molar-refractivity contribution in [3.05, 3.63) is 65.2 Å². The Morgan fingerprint density at radius 2 is 1.69 bits per heavy atom. The Bertz CT molecular complexity index is 972. The van der Waals surface area contributed by atoms with E-state index in [0.29, 0.717) is 24.0 Å². The highest BCUT2D eigenvalue weighted by atomic mass is 35.5. The number of sulfonamides is 1. The van der Waals surface area contributed by atoms with Crippen molar-refractivity contribution in [3.63, 3.8) is 0 Å². The third-order valence-electron chi connectivity index (χ3n) is 5.49. The van der Waals surface area contributed by atoms with Gasteiger partial charge in [0.2, 0.25) is 10.0 Å². The van der Waals surface area contributed by atoms with Gasteiger partial charge in [0, 0.05) is 31.2 Å². The summed E-state index contributed by atoms with van der Waals surface area (Å²) in [5.74, 6) is 0.478. The number of hydrogen-bond donors (Lipinski definition) is 1. The van der Waals surface area contributed by atoms with Gasteiger partial charge in [-0.25, -0.2) is 13.2 Å². The highest BCUT2D eigenvalue weighted by Gasteiger charge is 2.35. The van der Waals surface area contributed by atoms with Crippen LogP contribution in [0.25, 0.3) is 0 Å². The van der Waals surface area contributed by atoms with Gasteiger partial charge >= 0.3 is 6.03 Å². The van der Waals surface area contributed by atoms with Gasteiger partial charge in [-0.05, 0) is 42.5 Å². The van der Waals surface area contributed by atoms with Crippen LogP contribution in [0, 0.1) is 5.92 Å². The van der Waals surface area contributed by atoms with E-state index < -0.39 is 10.0 Å². The average molecular weight is 434 g/mol. The number of urea groups is 1. The summed E-state index contributed by atoms with van der Waals surface area (Å²) >= 11 is 5.94. The fourth-order valence-corrected chi connectivity index (χ4v) is 5.42. The van der Waals surface area contributed by atoms with Crippen LogP contribution in [0.3, 0.4) is 0 Å². The second-order valence-electron chi connectivity index (χ2n) is 7.52. The molecule has 4 rings (SSSR count). The third kappa shape index (κ3) is 4.57. The van der Waals surface area contributed by atoms with Crippen molar-refractivity contribution in [2.45, 2.75) is 23.8 Å². The highest BCUT2D eigenvalue weighted by molar-refractivity contribution is 7.89. The molecule has 0 radical (unpaired) electrons. The molecule has 154 valence electrons. The summed E-state index contributed by atoms with van der Waals surface area (Å²) in [5, 5.41) is 3.54. The number of amides is 2. The molecule has 1 aliphatic carbocycles. The van der Waals surface area contributed by atoms with Gasteiger partial charge in [-0.15, -0.1) is 0 Å². The van der Waals surface area contributed by atoms with Crippen molar-refractivity contribution in [1.82, 2.24) is 14.5 Å². The largest absolute Gasteiger partial charge is 0.331 e. The quantitative estimate of drug-likeness (QED) is 0.784. The first-order chi connectivity index (χ1) is 13.9. The number of piperazine rings is 1. The molecule has 1 saturated heterocycles. The molecule has 2 aliphatic rings. The first-order valence-electron chi connectivity index (χ1n) is 9.81. The van der Waals surface area contributed by atoms with E-state index in [1.54, 1.807) is 23.1 Å². The van der Waals surface area contributed by atoms with Crippen LogP contribution in [0.5, 0.6) is 0 Å². The predicted octanol–water partition coefficient (Wildman–Crippen LogP) is 3.51. The fraction of sp³-hybridized carbons (Fsp3) is 0.381. The van der Waals surface area contributed by atoms with Crippen LogP contribution in [-0.4, -0.2) is 49.8 Å². The van der Waals surface area contributed by atoms with E-state index in [4.69, 9.17) is 11.6 Å². The molecule has 1 heterocycles. The molecular weight excluding hydrogens is 410 g/mol. The Labute approximate surface area is 176 Å². The van der Waals surface area contributed by atoms with Gasteiger partial charge in [0.1, 0.15) is 0 Å². The van der Waals surface area contributed by atoms with Crippen LogP contribution in [0.4, 0.5) is 4.79 Å². The maximum Gasteiger partial charge on any atom is 0.317 e. The summed E-state index contributed by atoms with van der Waals surface area (Å²) in [4.78, 5) is 14.7. The molecule has 2 amide bonds. The summed E-state index contributed by atoms with van der Waals surface area (Å²) < 4.78 is 27.1. The van der Waals surface area contributed by atoms with Crippen molar-refractivity contribution < 1.29 is 13.2 Å². The summed E-state index contributed by atoms with van der Waals surface area (Å²) in [5.41, 5.74) is 1.12. The normalized spacial score (nSPS) is 19.0. The van der Waals surface area contributed by atoms with E-state index in [-0.39, 0.29) is 30.1 Å². The summed E-state index contributed by atoms with van der Waals surface area (Å²) in [6.45, 7) is 1.25. The van der Waals surface area contributed by atoms with Gasteiger partial charge < -0.3 is 10.2 Å². The topological polar surface area (TPSA) is 69.7 Å². The van der Waals surface area contributed by atoms with Gasteiger partial charge in [-0.1, -0.05) is 48.0 Å². The standard InChI is InChI=1S/C21H24ClN3O3S/c22-18-7-4-8-19(15-18)29(27,28)25-13-11-24(12-14-25)21(26)23-20(17-9-10-17)16-5-2-1-3-6-16/h1-8,15,17,20H,9-14H2,(H,23,26). The first-order valence-corrected chi connectivity index (χ1v) is 11.6. The van der Waals surface area contributed by atoms with Crippen molar-refractivity contribution in [2.24, 2.45) is 5.92 Å². The zero-order chi connectivity index (χ0) is 20.4. The maximum atomic E-state index is 12.8. The zero-order valence-electron chi connectivity index (χ0n) is 16.0. The van der Waals surface area contributed by atoms with Crippen LogP contribution in [0.15, 0.2) is 59.5 Å². The Hall–Kier alpha value is -2.09. The lowest BCUT2D eigenvalue weighted by Gasteiger charge is -2.35. The van der Waals surface area contributed by atoms with Gasteiger partial charge in [0.15, 0.2) is 0 Å². The molecule has 0 spiro atoms. The van der Waals surface area contributed by atoms with Gasteiger partial charge in [-0.3, -0.25) is 0 Å². The summed E-state index contributed by atoms with van der Waals surface area (Å²) in [6.07, 6.45) is 2.23. The highest BCUT2D eigenvalue weighted by Crippen LogP contribution is 2.41. The SMILES string of the molecule is O=C(NC(c1ccccc1)C1CC1)N1CCN(S(=O)(=O)c2cccc(Cl)c2)CC1. The molecule has 2 aromatic rings. The maximum absolute atomic E-state index is 12.8. The first kappa shape index (κ1) is 20.2. The van der Waals surface area contributed by atoms with Crippen LogP contribution in [0.1, 0.15) is 24.4 Å². The molecule has 1 N–H and O–H groups in total. The average Bonchev–Trinajstić information content (AvgIpc) is 3.58. The Balaban J connectivity index is 1.38. The van der Waals surface area contributed by atoms with E-state index in [9.17, 15) is 13.2 Å². The van der Waals surface area contributed by atoms with E-state index >= 15 is 0 Å². The van der Waals surface area contributed by atoms with Crippen LogP contribution >= 0.6 is 11.6 Å². The predicted molar refractivity (Wildman–Crippen MR) is 112 cm³/mol. The molecule has 6 nitrogen and oxygen atoms in total. The minimum atomic E-state index is -3.61. The molecule has 0 aromatic heterocycles. The minimum Gasteiger partial charge on any atom is -0.331 e. The lowest BCUT2D eigenvalue weighted by Crippen LogP contribution is -2.53. The molecular formula is C21H24ClN3O3S. The molecule has 1 saturated carbocycles. The monoisotopic (exact) mass is 433 g/mol. The lowest BCUT2D eigenvalue weighted by atomic mass is 10.0. The second-order valence-corrected chi connectivity index (χ2v) is 9.90. The van der Waals surface area contributed by atoms with E-state index in [1.807, 2.05) is 30.3 Å². The number of hydrogen-bond acceptors (Lipinski definition) is 3. The number of benzene rings is 2. The molecule has 2 aromatic carbocycles. The Morgan fingerprint density at radius 3 is 2.31 bits per heavy atom. The van der Waals surface area contributed by atoms with Crippen molar-refractivity contribution >= 4 is 27.7 Å². The van der Waals surface area contributed by atoms with E-state index in [0.717, 1.165) is 18.4 Å². The van der Waals surface area contributed by atoms with Crippen molar-refractivity contribution in [3.8, 4) is 0 Å². The van der Waals surface area contributed by atoms with Crippen molar-refractivity contribution in [1.29, 1.82) is 0 Å². The van der Waals surface area contributed by atoms with Gasteiger partial charge in [-0.2, -0.15) is 4.31 Å². The number of rotatable bonds is 5. The summed E-state index contributed by atoms with van der Waals surface area (Å²) in [7, 11) is -3.61. The molecule has 8 heteroatoms.